The summed E-state index contributed by atoms with van der Waals surface area (Å²) in [6.07, 6.45) is 2.80. The fraction of sp³-hybridized carbons (Fsp3) is 0. The second-order valence-electron chi connectivity index (χ2n) is 0.837. The summed E-state index contributed by atoms with van der Waals surface area (Å²) in [5.74, 6) is -0.0324. The first kappa shape index (κ1) is 3.40. The number of nitrogens with zero attached hydrogens (tertiary/aromatic N) is 1. The molecule has 0 saturated heterocycles. The lowest BCUT2D eigenvalue weighted by molar-refractivity contribution is 0.537. The van der Waals surface area contributed by atoms with Crippen LogP contribution in [-0.2, 0) is 0 Å². The van der Waals surface area contributed by atoms with Crippen LogP contribution < -0.4 is 0 Å². The zero-order valence-electron chi connectivity index (χ0n) is 3.01. The van der Waals surface area contributed by atoms with Gasteiger partial charge in [0.15, 0.2) is 0 Å². The molecule has 0 aromatic carbocycles. The molecule has 0 spiro atoms. The fourth-order valence-electron chi connectivity index (χ4n) is 0.223. The third-order valence-electron chi connectivity index (χ3n) is 0.432. The fourth-order valence-corrected chi connectivity index (χ4v) is 0.223. The predicted octanol–water partition coefficient (Wildman–Crippen LogP) is 0.611. The van der Waals surface area contributed by atoms with Crippen molar-refractivity contribution in [2.75, 3.05) is 0 Å². The summed E-state index contributed by atoms with van der Waals surface area (Å²) in [5, 5.41) is 0. The first-order valence-corrected chi connectivity index (χ1v) is 1.50. The topological polar surface area (TPSA) is 26.0 Å². The molecule has 0 aliphatic heterocycles. The van der Waals surface area contributed by atoms with Crippen molar-refractivity contribution in [2.45, 2.75) is 0 Å². The second-order valence-corrected chi connectivity index (χ2v) is 0.837. The quantitative estimate of drug-likeness (QED) is 0.456. The molecule has 1 aromatic heterocycles. The Labute approximate surface area is 35.8 Å². The molecule has 6 heavy (non-hydrogen) atoms. The molecule has 1 aromatic rings. The van der Waals surface area contributed by atoms with Gasteiger partial charge >= 0.3 is 0 Å². The van der Waals surface area contributed by atoms with E-state index in [0.717, 1.165) is 0 Å². The van der Waals surface area contributed by atoms with Gasteiger partial charge in [0, 0.05) is 0 Å². The minimum atomic E-state index is -0.0324. The summed E-state index contributed by atoms with van der Waals surface area (Å²) < 4.78 is 4.39. The highest BCUT2D eigenvalue weighted by Crippen LogP contribution is 1.86. The molecule has 0 saturated carbocycles. The lowest BCUT2D eigenvalue weighted by atomic mass is 10.8. The zero-order chi connectivity index (χ0) is 4.41. The van der Waals surface area contributed by atoms with Crippen LogP contribution in [0.25, 0.3) is 0 Å². The maximum Gasteiger partial charge on any atom is 0.203 e. The second kappa shape index (κ2) is 1.12. The molecule has 0 fully saturated rings. The minimum Gasteiger partial charge on any atom is -0.448 e. The van der Waals surface area contributed by atoms with E-state index in [1.807, 2.05) is 0 Å². The lowest BCUT2D eigenvalue weighted by Crippen LogP contribution is -1.59. The highest BCUT2D eigenvalue weighted by atomic mass is 16.3. The Morgan fingerprint density at radius 2 is 2.67 bits per heavy atom. The van der Waals surface area contributed by atoms with Crippen LogP contribution in [0.15, 0.2) is 16.9 Å². The summed E-state index contributed by atoms with van der Waals surface area (Å²) in [4.78, 5) is 3.42. The van der Waals surface area contributed by atoms with Crippen molar-refractivity contribution in [1.82, 2.24) is 4.98 Å². The molecule has 29 valence electrons. The normalized spacial score (nSPS) is 8.83. The summed E-state index contributed by atoms with van der Waals surface area (Å²) in [6, 6.07) is 0. The van der Waals surface area contributed by atoms with Gasteiger partial charge < -0.3 is 4.42 Å². The van der Waals surface area contributed by atoms with Crippen molar-refractivity contribution < 1.29 is 4.42 Å². The Morgan fingerprint density at radius 3 is 2.83 bits per heavy atom. The van der Waals surface area contributed by atoms with E-state index in [1.54, 1.807) is 0 Å². The standard InChI is InChI=1S/C4H2NO/c1-4-5-2-3-6-4/h2-3H. The Bertz CT molecular complexity index is 111. The number of aromatic nitrogens is 1. The highest BCUT2D eigenvalue weighted by Gasteiger charge is 1.79. The first-order chi connectivity index (χ1) is 2.89. The molecule has 2 nitrogen and oxygen atoms in total. The van der Waals surface area contributed by atoms with E-state index in [4.69, 9.17) is 6.92 Å². The van der Waals surface area contributed by atoms with Gasteiger partial charge in [-0.2, -0.15) is 0 Å². The van der Waals surface area contributed by atoms with Crippen molar-refractivity contribution in [3.05, 3.63) is 25.3 Å². The van der Waals surface area contributed by atoms with Gasteiger partial charge in [-0.25, -0.2) is 4.98 Å². The van der Waals surface area contributed by atoms with Gasteiger partial charge in [-0.3, -0.25) is 0 Å². The third kappa shape index (κ3) is 0.407. The Morgan fingerprint density at radius 1 is 1.83 bits per heavy atom. The first-order valence-electron chi connectivity index (χ1n) is 1.50. The highest BCUT2D eigenvalue weighted by molar-refractivity contribution is 4.81. The molecule has 0 amide bonds. The van der Waals surface area contributed by atoms with Crippen molar-refractivity contribution in [2.24, 2.45) is 0 Å². The van der Waals surface area contributed by atoms with E-state index in [-0.39, 0.29) is 5.89 Å². The van der Waals surface area contributed by atoms with Crippen LogP contribution in [0.4, 0.5) is 0 Å². The molecule has 2 heteroatoms. The number of rotatable bonds is 0. The van der Waals surface area contributed by atoms with Crippen molar-refractivity contribution in [3.63, 3.8) is 0 Å². The Hall–Kier alpha value is -0.790. The SMILES string of the molecule is [C]c1ncco1. The van der Waals surface area contributed by atoms with Gasteiger partial charge in [0.1, 0.15) is 6.26 Å². The van der Waals surface area contributed by atoms with Crippen LogP contribution in [0.3, 0.4) is 0 Å². The largest absolute Gasteiger partial charge is 0.448 e. The van der Waals surface area contributed by atoms with E-state index in [2.05, 4.69) is 9.40 Å². The molecule has 0 unspecified atom stereocenters. The average Bonchev–Trinajstić information content (AvgIpc) is 1.86. The molecule has 3 radical (unpaired) electrons. The Kier molecular flexibility index (Phi) is 0.638. The average molecular weight is 80.1 g/mol. The summed E-state index contributed by atoms with van der Waals surface area (Å²) in [6.45, 7) is 6.60. The number of oxazole rings is 1. The van der Waals surface area contributed by atoms with Crippen molar-refractivity contribution in [1.29, 1.82) is 0 Å². The van der Waals surface area contributed by atoms with Crippen LogP contribution in [0, 0.1) is 6.92 Å². The predicted molar refractivity (Wildman–Crippen MR) is 18.8 cm³/mol. The minimum absolute atomic E-state index is 0.0324. The van der Waals surface area contributed by atoms with E-state index in [0.29, 0.717) is 0 Å². The van der Waals surface area contributed by atoms with Crippen LogP contribution in [-0.4, -0.2) is 4.98 Å². The van der Waals surface area contributed by atoms with E-state index >= 15 is 0 Å². The monoisotopic (exact) mass is 80.0 g/mol. The zero-order valence-corrected chi connectivity index (χ0v) is 3.01. The van der Waals surface area contributed by atoms with Gasteiger partial charge in [0.25, 0.3) is 0 Å². The summed E-state index contributed by atoms with van der Waals surface area (Å²) in [5.41, 5.74) is 0. The third-order valence-corrected chi connectivity index (χ3v) is 0.432. The van der Waals surface area contributed by atoms with E-state index < -0.39 is 0 Å². The van der Waals surface area contributed by atoms with Gasteiger partial charge in [-0.1, -0.05) is 0 Å². The van der Waals surface area contributed by atoms with Crippen LogP contribution in [0.2, 0.25) is 0 Å². The van der Waals surface area contributed by atoms with E-state index in [9.17, 15) is 0 Å². The molecule has 0 bridgehead atoms. The summed E-state index contributed by atoms with van der Waals surface area (Å²) in [7, 11) is 0. The molecule has 0 N–H and O–H groups in total. The van der Waals surface area contributed by atoms with Crippen molar-refractivity contribution in [3.8, 4) is 0 Å². The van der Waals surface area contributed by atoms with Crippen LogP contribution in [0.5, 0.6) is 0 Å². The van der Waals surface area contributed by atoms with Crippen LogP contribution in [0.1, 0.15) is 5.89 Å². The Balaban J connectivity index is 3.05. The van der Waals surface area contributed by atoms with Gasteiger partial charge in [-0.15, -0.1) is 0 Å². The number of hydrogen-bond donors (Lipinski definition) is 0. The molecule has 1 heterocycles. The maximum atomic E-state index is 6.60. The smallest absolute Gasteiger partial charge is 0.203 e. The number of hydrogen-bond acceptors (Lipinski definition) is 2. The lowest BCUT2D eigenvalue weighted by Gasteiger charge is -1.65. The maximum absolute atomic E-state index is 6.60. The molecule has 1 rings (SSSR count). The molecule has 0 atom stereocenters. The van der Waals surface area contributed by atoms with Gasteiger partial charge in [0.2, 0.25) is 5.89 Å². The van der Waals surface area contributed by atoms with E-state index in [1.165, 1.54) is 12.5 Å². The summed E-state index contributed by atoms with van der Waals surface area (Å²) >= 11 is 0. The van der Waals surface area contributed by atoms with Crippen LogP contribution >= 0.6 is 0 Å². The molecule has 0 aliphatic rings. The molecular formula is C4H2NO. The van der Waals surface area contributed by atoms with Gasteiger partial charge in [0.05, 0.1) is 13.1 Å². The van der Waals surface area contributed by atoms with Crippen molar-refractivity contribution >= 4 is 0 Å². The molecular weight excluding hydrogens is 78.0 g/mol. The van der Waals surface area contributed by atoms with Gasteiger partial charge in [-0.05, 0) is 0 Å². The molecule has 0 aliphatic carbocycles.